The standard InChI is InChI=1S/C22H27N5O2/c1-14-10-17-21(25-14)23-13-24-22(17)26-20-16-7-3-4-8-19(16)29-12-18(20)27-9-5-6-15(27)11-28-2/h3-4,7-8,10,13,15,18,20H,5-6,9,11-12H2,1-2H3,(H2,23,24,25,26)/t15-,18-,20-/m0/s1. The van der Waals surface area contributed by atoms with Gasteiger partial charge in [-0.3, -0.25) is 4.90 Å². The second-order valence-corrected chi connectivity index (χ2v) is 7.96. The zero-order valence-corrected chi connectivity index (χ0v) is 16.9. The number of aromatic amines is 1. The number of para-hydroxylation sites is 1. The van der Waals surface area contributed by atoms with Crippen molar-refractivity contribution in [2.75, 3.05) is 32.2 Å². The summed E-state index contributed by atoms with van der Waals surface area (Å²) in [5.41, 5.74) is 3.10. The number of nitrogens with zero attached hydrogens (tertiary/aromatic N) is 3. The maximum atomic E-state index is 6.17. The Labute approximate surface area is 170 Å². The zero-order valence-electron chi connectivity index (χ0n) is 16.9. The molecule has 5 rings (SSSR count). The number of hydrogen-bond donors (Lipinski definition) is 2. The predicted octanol–water partition coefficient (Wildman–Crippen LogP) is 3.29. The maximum Gasteiger partial charge on any atom is 0.143 e. The number of fused-ring (bicyclic) bond motifs is 2. The molecule has 2 aliphatic heterocycles. The molecule has 7 nitrogen and oxygen atoms in total. The molecule has 2 aromatic heterocycles. The first kappa shape index (κ1) is 18.4. The molecule has 29 heavy (non-hydrogen) atoms. The van der Waals surface area contributed by atoms with E-state index in [1.807, 2.05) is 19.1 Å². The minimum Gasteiger partial charge on any atom is -0.491 e. The Bertz CT molecular complexity index is 1000. The van der Waals surface area contributed by atoms with Crippen LogP contribution in [0.15, 0.2) is 36.7 Å². The van der Waals surface area contributed by atoms with Gasteiger partial charge in [-0.15, -0.1) is 0 Å². The van der Waals surface area contributed by atoms with Crippen LogP contribution in [0, 0.1) is 6.92 Å². The molecule has 0 unspecified atom stereocenters. The van der Waals surface area contributed by atoms with E-state index in [9.17, 15) is 0 Å². The molecule has 1 saturated heterocycles. The van der Waals surface area contributed by atoms with Gasteiger partial charge < -0.3 is 19.8 Å². The van der Waals surface area contributed by atoms with Gasteiger partial charge in [-0.2, -0.15) is 0 Å². The number of rotatable bonds is 5. The summed E-state index contributed by atoms with van der Waals surface area (Å²) in [7, 11) is 1.78. The molecule has 0 amide bonds. The number of H-pyrrole nitrogens is 1. The van der Waals surface area contributed by atoms with Crippen LogP contribution in [-0.4, -0.2) is 58.8 Å². The number of aromatic nitrogens is 3. The summed E-state index contributed by atoms with van der Waals surface area (Å²) in [5, 5.41) is 4.77. The molecule has 1 aromatic carbocycles. The van der Waals surface area contributed by atoms with E-state index < -0.39 is 0 Å². The third kappa shape index (κ3) is 3.34. The number of ether oxygens (including phenoxy) is 2. The van der Waals surface area contributed by atoms with Gasteiger partial charge >= 0.3 is 0 Å². The largest absolute Gasteiger partial charge is 0.491 e. The number of likely N-dealkylation sites (tertiary alicyclic amines) is 1. The fourth-order valence-corrected chi connectivity index (χ4v) is 4.81. The molecule has 1 fully saturated rings. The summed E-state index contributed by atoms with van der Waals surface area (Å²) in [6, 6.07) is 11.1. The fraction of sp³-hybridized carbons (Fsp3) is 0.455. The molecule has 7 heteroatoms. The summed E-state index contributed by atoms with van der Waals surface area (Å²) in [6.07, 6.45) is 3.96. The Balaban J connectivity index is 1.54. The molecular weight excluding hydrogens is 366 g/mol. The second-order valence-electron chi connectivity index (χ2n) is 7.96. The molecule has 0 saturated carbocycles. The topological polar surface area (TPSA) is 75.3 Å². The molecule has 3 atom stereocenters. The van der Waals surface area contributed by atoms with Gasteiger partial charge in [-0.1, -0.05) is 18.2 Å². The minimum absolute atomic E-state index is 0.0747. The quantitative estimate of drug-likeness (QED) is 0.693. The third-order valence-corrected chi connectivity index (χ3v) is 6.11. The summed E-state index contributed by atoms with van der Waals surface area (Å²) in [6.45, 7) is 4.50. The Kier molecular flexibility index (Phi) is 4.85. The van der Waals surface area contributed by atoms with E-state index >= 15 is 0 Å². The summed E-state index contributed by atoms with van der Waals surface area (Å²) < 4.78 is 11.7. The lowest BCUT2D eigenvalue weighted by Crippen LogP contribution is -2.51. The van der Waals surface area contributed by atoms with Crippen molar-refractivity contribution >= 4 is 16.9 Å². The van der Waals surface area contributed by atoms with Gasteiger partial charge in [0.15, 0.2) is 0 Å². The van der Waals surface area contributed by atoms with Gasteiger partial charge in [0.25, 0.3) is 0 Å². The number of aryl methyl sites for hydroxylation is 1. The van der Waals surface area contributed by atoms with Gasteiger partial charge in [0.1, 0.15) is 30.1 Å². The lowest BCUT2D eigenvalue weighted by Gasteiger charge is -2.41. The van der Waals surface area contributed by atoms with Crippen LogP contribution in [0.5, 0.6) is 5.75 Å². The lowest BCUT2D eigenvalue weighted by atomic mass is 9.94. The van der Waals surface area contributed by atoms with Crippen LogP contribution in [-0.2, 0) is 4.74 Å². The average molecular weight is 393 g/mol. The molecule has 0 bridgehead atoms. The second kappa shape index (κ2) is 7.65. The molecule has 4 heterocycles. The van der Waals surface area contributed by atoms with E-state index in [1.165, 1.54) is 12.0 Å². The smallest absolute Gasteiger partial charge is 0.143 e. The van der Waals surface area contributed by atoms with Crippen LogP contribution in [0.4, 0.5) is 5.82 Å². The molecule has 2 N–H and O–H groups in total. The van der Waals surface area contributed by atoms with Gasteiger partial charge in [0.2, 0.25) is 0 Å². The third-order valence-electron chi connectivity index (χ3n) is 6.11. The van der Waals surface area contributed by atoms with E-state index in [1.54, 1.807) is 13.4 Å². The highest BCUT2D eigenvalue weighted by Gasteiger charge is 2.40. The summed E-state index contributed by atoms with van der Waals surface area (Å²) in [4.78, 5) is 14.8. The van der Waals surface area contributed by atoms with Gasteiger partial charge in [-0.05, 0) is 38.4 Å². The predicted molar refractivity (Wildman–Crippen MR) is 112 cm³/mol. The van der Waals surface area contributed by atoms with Crippen LogP contribution >= 0.6 is 0 Å². The van der Waals surface area contributed by atoms with Crippen molar-refractivity contribution in [1.82, 2.24) is 19.9 Å². The van der Waals surface area contributed by atoms with E-state index in [2.05, 4.69) is 43.4 Å². The SMILES string of the molecule is COC[C@@H]1CCCN1[C@H]1COc2ccccc2[C@@H]1Nc1ncnc2[nH]c(C)cc12. The number of methoxy groups -OCH3 is 1. The normalized spacial score (nSPS) is 24.4. The van der Waals surface area contributed by atoms with Crippen molar-refractivity contribution in [2.24, 2.45) is 0 Å². The van der Waals surface area contributed by atoms with Crippen LogP contribution in [0.1, 0.15) is 30.1 Å². The van der Waals surface area contributed by atoms with Crippen molar-refractivity contribution in [2.45, 2.75) is 37.9 Å². The van der Waals surface area contributed by atoms with Crippen LogP contribution in [0.3, 0.4) is 0 Å². The maximum absolute atomic E-state index is 6.17. The Morgan fingerprint density at radius 2 is 2.21 bits per heavy atom. The average Bonchev–Trinajstić information content (AvgIpc) is 3.35. The zero-order chi connectivity index (χ0) is 19.8. The Morgan fingerprint density at radius 1 is 1.31 bits per heavy atom. The first-order valence-electron chi connectivity index (χ1n) is 10.3. The first-order chi connectivity index (χ1) is 14.2. The van der Waals surface area contributed by atoms with Crippen LogP contribution < -0.4 is 10.1 Å². The van der Waals surface area contributed by atoms with Gasteiger partial charge in [-0.25, -0.2) is 9.97 Å². The summed E-state index contributed by atoms with van der Waals surface area (Å²) >= 11 is 0. The van der Waals surface area contributed by atoms with Crippen molar-refractivity contribution < 1.29 is 9.47 Å². The number of nitrogens with one attached hydrogen (secondary N) is 2. The molecular formula is C22H27N5O2. The first-order valence-corrected chi connectivity index (χ1v) is 10.3. The van der Waals surface area contributed by atoms with E-state index in [-0.39, 0.29) is 12.1 Å². The van der Waals surface area contributed by atoms with Crippen molar-refractivity contribution in [3.8, 4) is 5.75 Å². The van der Waals surface area contributed by atoms with Crippen LogP contribution in [0.2, 0.25) is 0 Å². The van der Waals surface area contributed by atoms with Crippen molar-refractivity contribution in [1.29, 1.82) is 0 Å². The highest BCUT2D eigenvalue weighted by atomic mass is 16.5. The van der Waals surface area contributed by atoms with Gasteiger partial charge in [0, 0.05) is 24.4 Å². The van der Waals surface area contributed by atoms with E-state index in [0.29, 0.717) is 12.6 Å². The monoisotopic (exact) mass is 393 g/mol. The fourth-order valence-electron chi connectivity index (χ4n) is 4.81. The lowest BCUT2D eigenvalue weighted by molar-refractivity contribution is 0.0523. The summed E-state index contributed by atoms with van der Waals surface area (Å²) in [5.74, 6) is 1.80. The van der Waals surface area contributed by atoms with Crippen molar-refractivity contribution in [3.63, 3.8) is 0 Å². The molecule has 152 valence electrons. The van der Waals surface area contributed by atoms with E-state index in [4.69, 9.17) is 9.47 Å². The highest BCUT2D eigenvalue weighted by Crippen LogP contribution is 2.39. The van der Waals surface area contributed by atoms with E-state index in [0.717, 1.165) is 47.9 Å². The van der Waals surface area contributed by atoms with Gasteiger partial charge in [0.05, 0.1) is 24.1 Å². The number of hydrogen-bond acceptors (Lipinski definition) is 6. The van der Waals surface area contributed by atoms with Crippen molar-refractivity contribution in [3.05, 3.63) is 47.9 Å². The molecule has 0 radical (unpaired) electrons. The Hall–Kier alpha value is -2.64. The number of anilines is 1. The van der Waals surface area contributed by atoms with Crippen LogP contribution in [0.25, 0.3) is 11.0 Å². The Morgan fingerprint density at radius 3 is 3.10 bits per heavy atom. The molecule has 0 spiro atoms. The molecule has 0 aliphatic carbocycles. The highest BCUT2D eigenvalue weighted by molar-refractivity contribution is 5.87. The minimum atomic E-state index is 0.0747. The number of benzene rings is 1. The molecule has 2 aliphatic rings. The molecule has 3 aromatic rings.